The normalized spacial score (nSPS) is 12.6. The van der Waals surface area contributed by atoms with Crippen LogP contribution in [-0.4, -0.2) is 17.3 Å². The van der Waals surface area contributed by atoms with Crippen LogP contribution in [0.15, 0.2) is 12.1 Å². The van der Waals surface area contributed by atoms with E-state index >= 15 is 0 Å². The summed E-state index contributed by atoms with van der Waals surface area (Å²) in [6, 6.07) is 0.981. The highest BCUT2D eigenvalue weighted by molar-refractivity contribution is 9.09. The van der Waals surface area contributed by atoms with E-state index in [9.17, 15) is 18.0 Å². The number of halogens is 4. The maximum Gasteiger partial charge on any atom is 0.257 e. The molecular weight excluding hydrogens is 335 g/mol. The van der Waals surface area contributed by atoms with E-state index in [1.165, 1.54) is 0 Å². The van der Waals surface area contributed by atoms with Crippen molar-refractivity contribution in [1.82, 2.24) is 5.32 Å². The van der Waals surface area contributed by atoms with Crippen molar-refractivity contribution < 1.29 is 18.0 Å². The van der Waals surface area contributed by atoms with Crippen molar-refractivity contribution in [3.63, 3.8) is 0 Å². The van der Waals surface area contributed by atoms with Gasteiger partial charge in [0.25, 0.3) is 5.91 Å². The van der Waals surface area contributed by atoms with Crippen LogP contribution in [0.25, 0.3) is 0 Å². The number of hydrogen-bond acceptors (Lipinski definition) is 1. The van der Waals surface area contributed by atoms with E-state index in [0.717, 1.165) is 12.8 Å². The molecule has 6 heteroatoms. The van der Waals surface area contributed by atoms with Crippen LogP contribution in [0.4, 0.5) is 13.2 Å². The Labute approximate surface area is 124 Å². The van der Waals surface area contributed by atoms with Crippen molar-refractivity contribution in [3.8, 4) is 0 Å². The molecule has 1 aromatic carbocycles. The Morgan fingerprint density at radius 2 is 1.70 bits per heavy atom. The monoisotopic (exact) mass is 351 g/mol. The molecule has 1 unspecified atom stereocenters. The molecular formula is C14H17BrF3NO. The van der Waals surface area contributed by atoms with Crippen molar-refractivity contribution in [2.24, 2.45) is 5.92 Å². The summed E-state index contributed by atoms with van der Waals surface area (Å²) in [6.07, 6.45) is 1.86. The molecule has 1 amide bonds. The summed E-state index contributed by atoms with van der Waals surface area (Å²) in [5, 5.41) is 2.46. The van der Waals surface area contributed by atoms with E-state index in [0.29, 0.717) is 18.1 Å². The lowest BCUT2D eigenvalue weighted by Gasteiger charge is -2.20. The highest BCUT2D eigenvalue weighted by Gasteiger charge is 2.21. The summed E-state index contributed by atoms with van der Waals surface area (Å²) in [4.78, 5) is 11.8. The van der Waals surface area contributed by atoms with Gasteiger partial charge in [0.15, 0.2) is 0 Å². The second kappa shape index (κ2) is 7.67. The second-order valence-electron chi connectivity index (χ2n) is 4.55. The van der Waals surface area contributed by atoms with E-state index in [4.69, 9.17) is 0 Å². The van der Waals surface area contributed by atoms with Crippen molar-refractivity contribution in [2.45, 2.75) is 31.5 Å². The molecule has 0 heterocycles. The molecule has 0 spiro atoms. The number of hydrogen-bond donors (Lipinski definition) is 1. The van der Waals surface area contributed by atoms with Crippen LogP contribution in [0, 0.1) is 23.4 Å². The smallest absolute Gasteiger partial charge is 0.257 e. The van der Waals surface area contributed by atoms with Gasteiger partial charge in [-0.15, -0.1) is 0 Å². The van der Waals surface area contributed by atoms with Gasteiger partial charge < -0.3 is 5.32 Å². The number of amides is 1. The predicted molar refractivity (Wildman–Crippen MR) is 75.4 cm³/mol. The molecule has 1 atom stereocenters. The lowest BCUT2D eigenvalue weighted by atomic mass is 9.99. The zero-order chi connectivity index (χ0) is 15.3. The molecule has 1 N–H and O–H groups in total. The van der Waals surface area contributed by atoms with Crippen LogP contribution < -0.4 is 5.32 Å². The van der Waals surface area contributed by atoms with E-state index in [-0.39, 0.29) is 11.4 Å². The third kappa shape index (κ3) is 4.23. The highest BCUT2D eigenvalue weighted by Crippen LogP contribution is 2.20. The SMILES string of the molecule is CCC(CC)C(Br)CNC(=O)c1c(F)cc(F)cc1F. The summed E-state index contributed by atoms with van der Waals surface area (Å²) in [5.41, 5.74) is -0.754. The van der Waals surface area contributed by atoms with Gasteiger partial charge in [-0.3, -0.25) is 4.79 Å². The summed E-state index contributed by atoms with van der Waals surface area (Å²) in [5.74, 6) is -3.97. The van der Waals surface area contributed by atoms with Gasteiger partial charge in [0.05, 0.1) is 0 Å². The van der Waals surface area contributed by atoms with Crippen molar-refractivity contribution in [1.29, 1.82) is 0 Å². The first-order chi connectivity index (χ1) is 9.40. The summed E-state index contributed by atoms with van der Waals surface area (Å²) < 4.78 is 39.6. The van der Waals surface area contributed by atoms with Gasteiger partial charge >= 0.3 is 0 Å². The standard InChI is InChI=1S/C14H17BrF3NO/c1-3-8(4-2)10(15)7-19-14(20)13-11(17)5-9(16)6-12(13)18/h5-6,8,10H,3-4,7H2,1-2H3,(H,19,20). The van der Waals surface area contributed by atoms with E-state index in [1.54, 1.807) is 0 Å². The topological polar surface area (TPSA) is 29.1 Å². The first kappa shape index (κ1) is 17.0. The summed E-state index contributed by atoms with van der Waals surface area (Å²) in [7, 11) is 0. The van der Waals surface area contributed by atoms with Gasteiger partial charge in [0.2, 0.25) is 0 Å². The molecule has 112 valence electrons. The van der Waals surface area contributed by atoms with Gasteiger partial charge in [0, 0.05) is 23.5 Å². The molecule has 0 aliphatic heterocycles. The first-order valence-electron chi connectivity index (χ1n) is 6.47. The average Bonchev–Trinajstić information content (AvgIpc) is 2.36. The van der Waals surface area contributed by atoms with Gasteiger partial charge in [-0.1, -0.05) is 42.6 Å². The minimum absolute atomic E-state index is 0.0213. The van der Waals surface area contributed by atoms with Gasteiger partial charge in [-0.25, -0.2) is 13.2 Å². The molecule has 0 aromatic heterocycles. The molecule has 0 bridgehead atoms. The second-order valence-corrected chi connectivity index (χ2v) is 5.72. The molecule has 2 nitrogen and oxygen atoms in total. The molecule has 0 radical (unpaired) electrons. The van der Waals surface area contributed by atoms with Crippen LogP contribution in [0.3, 0.4) is 0 Å². The zero-order valence-corrected chi connectivity index (χ0v) is 12.9. The summed E-state index contributed by atoms with van der Waals surface area (Å²) >= 11 is 3.45. The fourth-order valence-electron chi connectivity index (χ4n) is 2.00. The molecule has 0 fully saturated rings. The fourth-order valence-corrected chi connectivity index (χ4v) is 2.91. The Bertz CT molecular complexity index is 454. The van der Waals surface area contributed by atoms with E-state index < -0.39 is 28.9 Å². The van der Waals surface area contributed by atoms with Crippen LogP contribution in [0.1, 0.15) is 37.0 Å². The Balaban J connectivity index is 2.73. The summed E-state index contributed by atoms with van der Waals surface area (Å²) in [6.45, 7) is 4.31. The minimum atomic E-state index is -1.20. The highest BCUT2D eigenvalue weighted by atomic mass is 79.9. The molecule has 0 aliphatic rings. The number of benzene rings is 1. The molecule has 0 saturated heterocycles. The van der Waals surface area contributed by atoms with Crippen molar-refractivity contribution in [3.05, 3.63) is 35.1 Å². The zero-order valence-electron chi connectivity index (χ0n) is 11.4. The third-order valence-electron chi connectivity index (χ3n) is 3.25. The molecule has 1 aromatic rings. The number of carbonyl (C=O) groups excluding carboxylic acids is 1. The Kier molecular flexibility index (Phi) is 6.52. The molecule has 20 heavy (non-hydrogen) atoms. The fraction of sp³-hybridized carbons (Fsp3) is 0.500. The number of alkyl halides is 1. The van der Waals surface area contributed by atoms with Crippen LogP contribution in [-0.2, 0) is 0 Å². The lowest BCUT2D eigenvalue weighted by Crippen LogP contribution is -2.34. The minimum Gasteiger partial charge on any atom is -0.351 e. The average molecular weight is 352 g/mol. The maximum atomic E-state index is 13.4. The largest absolute Gasteiger partial charge is 0.351 e. The van der Waals surface area contributed by atoms with Gasteiger partial charge in [-0.05, 0) is 5.92 Å². The van der Waals surface area contributed by atoms with Crippen molar-refractivity contribution >= 4 is 21.8 Å². The lowest BCUT2D eigenvalue weighted by molar-refractivity contribution is 0.0943. The van der Waals surface area contributed by atoms with Gasteiger partial charge in [0.1, 0.15) is 23.0 Å². The third-order valence-corrected chi connectivity index (χ3v) is 4.32. The van der Waals surface area contributed by atoms with E-state index in [2.05, 4.69) is 21.2 Å². The molecule has 0 aliphatic carbocycles. The van der Waals surface area contributed by atoms with Crippen LogP contribution >= 0.6 is 15.9 Å². The maximum absolute atomic E-state index is 13.4. The Hall–Kier alpha value is -1.04. The molecule has 0 saturated carbocycles. The van der Waals surface area contributed by atoms with Gasteiger partial charge in [-0.2, -0.15) is 0 Å². The van der Waals surface area contributed by atoms with Crippen LogP contribution in [0.5, 0.6) is 0 Å². The van der Waals surface area contributed by atoms with Crippen LogP contribution in [0.2, 0.25) is 0 Å². The van der Waals surface area contributed by atoms with E-state index in [1.807, 2.05) is 13.8 Å². The first-order valence-corrected chi connectivity index (χ1v) is 7.39. The number of carbonyl (C=O) groups is 1. The molecule has 1 rings (SSSR count). The Morgan fingerprint density at radius 3 is 2.15 bits per heavy atom. The number of nitrogens with one attached hydrogen (secondary N) is 1. The Morgan fingerprint density at radius 1 is 1.20 bits per heavy atom. The predicted octanol–water partition coefficient (Wildman–Crippen LogP) is 4.03. The van der Waals surface area contributed by atoms with Crippen molar-refractivity contribution in [2.75, 3.05) is 6.54 Å². The quantitative estimate of drug-likeness (QED) is 0.770. The number of rotatable bonds is 6.